The molecule has 0 bridgehead atoms. The van der Waals surface area contributed by atoms with Gasteiger partial charge in [-0.05, 0) is 35.4 Å². The minimum absolute atomic E-state index is 0.276. The molecule has 2 aromatic rings. The number of carbonyl (C=O) groups excluding carboxylic acids is 2. The molecule has 0 saturated carbocycles. The van der Waals surface area contributed by atoms with Gasteiger partial charge < -0.3 is 29.9 Å². The average molecular weight is 453 g/mol. The van der Waals surface area contributed by atoms with E-state index in [0.29, 0.717) is 37.7 Å². The molecule has 2 aliphatic rings. The zero-order valence-electron chi connectivity index (χ0n) is 19.3. The lowest BCUT2D eigenvalue weighted by atomic mass is 9.78. The lowest BCUT2D eigenvalue weighted by Gasteiger charge is -2.28. The zero-order chi connectivity index (χ0) is 23.3. The molecule has 4 rings (SSSR count). The fourth-order valence-corrected chi connectivity index (χ4v) is 4.07. The van der Waals surface area contributed by atoms with Crippen molar-refractivity contribution < 1.29 is 19.1 Å². The second-order valence-corrected chi connectivity index (χ2v) is 8.88. The number of amides is 2. The third kappa shape index (κ3) is 5.64. The van der Waals surface area contributed by atoms with Crippen molar-refractivity contribution in [1.82, 2.24) is 20.4 Å². The molecule has 2 aromatic carbocycles. The summed E-state index contributed by atoms with van der Waals surface area (Å²) < 4.78 is 11.1. The fraction of sp³-hybridized carbons (Fsp3) is 0.440. The van der Waals surface area contributed by atoms with Crippen LogP contribution in [0.25, 0.3) is 0 Å². The summed E-state index contributed by atoms with van der Waals surface area (Å²) in [5, 5.41) is 6.44. The molecule has 0 radical (unpaired) electrons. The van der Waals surface area contributed by atoms with E-state index in [0.717, 1.165) is 37.3 Å². The summed E-state index contributed by atoms with van der Waals surface area (Å²) >= 11 is 0. The minimum atomic E-state index is -0.311. The van der Waals surface area contributed by atoms with Crippen molar-refractivity contribution in [1.29, 1.82) is 0 Å². The Balaban J connectivity index is 1.37. The Bertz CT molecular complexity index is 870. The van der Waals surface area contributed by atoms with Crippen molar-refractivity contribution in [2.75, 3.05) is 52.4 Å². The van der Waals surface area contributed by atoms with Gasteiger partial charge in [0.2, 0.25) is 0 Å². The van der Waals surface area contributed by atoms with E-state index >= 15 is 0 Å². The Morgan fingerprint density at radius 1 is 0.667 bits per heavy atom. The number of nitrogens with one attached hydrogen (secondary N) is 2. The summed E-state index contributed by atoms with van der Waals surface area (Å²) in [6.07, 6.45) is -0.621. The van der Waals surface area contributed by atoms with Crippen molar-refractivity contribution in [3.05, 3.63) is 59.7 Å². The van der Waals surface area contributed by atoms with Gasteiger partial charge in [0.25, 0.3) is 0 Å². The van der Waals surface area contributed by atoms with Crippen molar-refractivity contribution >= 4 is 12.2 Å². The second-order valence-electron chi connectivity index (χ2n) is 8.88. The van der Waals surface area contributed by atoms with Gasteiger partial charge in [-0.3, -0.25) is 0 Å². The molecule has 2 fully saturated rings. The number of benzene rings is 2. The maximum absolute atomic E-state index is 12.3. The number of hydrogen-bond acceptors (Lipinski definition) is 6. The van der Waals surface area contributed by atoms with Crippen LogP contribution < -0.4 is 20.1 Å². The van der Waals surface area contributed by atoms with Gasteiger partial charge in [0.15, 0.2) is 0 Å². The van der Waals surface area contributed by atoms with Crippen LogP contribution in [-0.4, -0.2) is 74.3 Å². The van der Waals surface area contributed by atoms with Crippen LogP contribution in [0.15, 0.2) is 48.5 Å². The fourth-order valence-electron chi connectivity index (χ4n) is 4.07. The van der Waals surface area contributed by atoms with Gasteiger partial charge in [-0.25, -0.2) is 9.59 Å². The molecular weight excluding hydrogens is 420 g/mol. The van der Waals surface area contributed by atoms with Crippen LogP contribution in [0.5, 0.6) is 11.5 Å². The number of rotatable bonds is 4. The minimum Gasteiger partial charge on any atom is -0.410 e. The number of piperazine rings is 2. The van der Waals surface area contributed by atoms with Gasteiger partial charge in [-0.15, -0.1) is 0 Å². The summed E-state index contributed by atoms with van der Waals surface area (Å²) in [4.78, 5) is 28.1. The van der Waals surface area contributed by atoms with E-state index in [1.807, 2.05) is 48.5 Å². The van der Waals surface area contributed by atoms with Crippen LogP contribution in [0, 0.1) is 0 Å². The molecule has 2 aliphatic heterocycles. The topological polar surface area (TPSA) is 83.1 Å². The van der Waals surface area contributed by atoms with Crippen molar-refractivity contribution in [2.24, 2.45) is 0 Å². The molecule has 176 valence electrons. The Morgan fingerprint density at radius 2 is 1.00 bits per heavy atom. The number of hydrogen-bond donors (Lipinski definition) is 2. The highest BCUT2D eigenvalue weighted by atomic mass is 16.6. The Labute approximate surface area is 194 Å². The predicted molar refractivity (Wildman–Crippen MR) is 126 cm³/mol. The highest BCUT2D eigenvalue weighted by molar-refractivity contribution is 5.71. The van der Waals surface area contributed by atoms with Gasteiger partial charge in [-0.1, -0.05) is 38.1 Å². The highest BCUT2D eigenvalue weighted by Gasteiger charge is 2.24. The number of nitrogens with zero attached hydrogens (tertiary/aromatic N) is 2. The molecule has 8 heteroatoms. The van der Waals surface area contributed by atoms with Crippen LogP contribution in [0.3, 0.4) is 0 Å². The first kappa shape index (κ1) is 23.1. The van der Waals surface area contributed by atoms with Gasteiger partial charge in [0, 0.05) is 57.8 Å². The van der Waals surface area contributed by atoms with Crippen LogP contribution in [0.1, 0.15) is 25.0 Å². The van der Waals surface area contributed by atoms with Gasteiger partial charge in [0.1, 0.15) is 11.5 Å². The first-order valence-corrected chi connectivity index (χ1v) is 11.5. The standard InChI is InChI=1S/C25H32N4O4/c1-25(2,19-3-7-21(8-4-19)32-23(30)28-15-11-26-12-16-28)20-5-9-22(10-6-20)33-24(31)29-17-13-27-14-18-29/h3-10,26-27H,11-18H2,1-2H3. The summed E-state index contributed by atoms with van der Waals surface area (Å²) in [5.74, 6) is 1.07. The molecule has 2 heterocycles. The second kappa shape index (κ2) is 10.2. The van der Waals surface area contributed by atoms with Gasteiger partial charge in [0.05, 0.1) is 0 Å². The van der Waals surface area contributed by atoms with Gasteiger partial charge >= 0.3 is 12.2 Å². The van der Waals surface area contributed by atoms with Crippen molar-refractivity contribution in [2.45, 2.75) is 19.3 Å². The Morgan fingerprint density at radius 3 is 1.33 bits per heavy atom. The summed E-state index contributed by atoms with van der Waals surface area (Å²) in [5.41, 5.74) is 1.91. The SMILES string of the molecule is CC(C)(c1ccc(OC(=O)N2CCNCC2)cc1)c1ccc(OC(=O)N2CCNCC2)cc1. The predicted octanol–water partition coefficient (Wildman–Crippen LogP) is 2.82. The van der Waals surface area contributed by atoms with Crippen LogP contribution >= 0.6 is 0 Å². The van der Waals surface area contributed by atoms with Crippen LogP contribution in [0.2, 0.25) is 0 Å². The number of carbonyl (C=O) groups is 2. The first-order valence-electron chi connectivity index (χ1n) is 11.5. The van der Waals surface area contributed by atoms with Crippen molar-refractivity contribution in [3.63, 3.8) is 0 Å². The monoisotopic (exact) mass is 452 g/mol. The molecular formula is C25H32N4O4. The zero-order valence-corrected chi connectivity index (χ0v) is 19.3. The molecule has 33 heavy (non-hydrogen) atoms. The third-order valence-corrected chi connectivity index (χ3v) is 6.31. The lowest BCUT2D eigenvalue weighted by molar-refractivity contribution is 0.145. The normalized spacial score (nSPS) is 16.9. The van der Waals surface area contributed by atoms with E-state index in [4.69, 9.17) is 9.47 Å². The van der Waals surface area contributed by atoms with E-state index in [9.17, 15) is 9.59 Å². The summed E-state index contributed by atoms with van der Waals surface area (Å²) in [6, 6.07) is 15.3. The maximum atomic E-state index is 12.3. The highest BCUT2D eigenvalue weighted by Crippen LogP contribution is 2.33. The Hall–Kier alpha value is -3.10. The third-order valence-electron chi connectivity index (χ3n) is 6.31. The summed E-state index contributed by atoms with van der Waals surface area (Å²) in [7, 11) is 0. The maximum Gasteiger partial charge on any atom is 0.415 e. The van der Waals surface area contributed by atoms with E-state index in [1.165, 1.54) is 0 Å². The smallest absolute Gasteiger partial charge is 0.410 e. The van der Waals surface area contributed by atoms with Crippen LogP contribution in [0.4, 0.5) is 9.59 Å². The van der Waals surface area contributed by atoms with Crippen LogP contribution in [-0.2, 0) is 5.41 Å². The van der Waals surface area contributed by atoms with E-state index in [2.05, 4.69) is 24.5 Å². The molecule has 0 unspecified atom stereocenters. The molecule has 2 N–H and O–H groups in total. The molecule has 2 saturated heterocycles. The van der Waals surface area contributed by atoms with Crippen molar-refractivity contribution in [3.8, 4) is 11.5 Å². The largest absolute Gasteiger partial charge is 0.415 e. The summed E-state index contributed by atoms with van der Waals surface area (Å²) in [6.45, 7) is 10.1. The first-order chi connectivity index (χ1) is 15.9. The Kier molecular flexibility index (Phi) is 7.15. The average Bonchev–Trinajstić information content (AvgIpc) is 2.86. The van der Waals surface area contributed by atoms with E-state index in [-0.39, 0.29) is 17.6 Å². The quantitative estimate of drug-likeness (QED) is 0.742. The lowest BCUT2D eigenvalue weighted by Crippen LogP contribution is -2.47. The molecule has 2 amide bonds. The molecule has 0 aromatic heterocycles. The van der Waals surface area contributed by atoms with E-state index in [1.54, 1.807) is 9.80 Å². The molecule has 0 aliphatic carbocycles. The molecule has 0 spiro atoms. The van der Waals surface area contributed by atoms with E-state index < -0.39 is 0 Å². The number of ether oxygens (including phenoxy) is 2. The molecule has 0 atom stereocenters. The molecule has 8 nitrogen and oxygen atoms in total. The van der Waals surface area contributed by atoms with Gasteiger partial charge in [-0.2, -0.15) is 0 Å².